The molecular weight excluding hydrogens is 286 g/mol. The van der Waals surface area contributed by atoms with Crippen molar-refractivity contribution in [1.82, 2.24) is 4.98 Å². The fourth-order valence-electron chi connectivity index (χ4n) is 2.45. The number of hydrogen-bond donors (Lipinski definition) is 1. The highest BCUT2D eigenvalue weighted by atomic mass is 16.5. The van der Waals surface area contributed by atoms with E-state index in [-0.39, 0.29) is 0 Å². The second-order valence-electron chi connectivity index (χ2n) is 5.47. The van der Waals surface area contributed by atoms with E-state index in [0.29, 0.717) is 12.5 Å². The van der Waals surface area contributed by atoms with Crippen LogP contribution in [0.4, 0.5) is 0 Å². The Kier molecular flexibility index (Phi) is 4.69. The van der Waals surface area contributed by atoms with Gasteiger partial charge in [0.2, 0.25) is 5.88 Å². The Balaban J connectivity index is 1.73. The van der Waals surface area contributed by atoms with Gasteiger partial charge in [0.15, 0.2) is 0 Å². The van der Waals surface area contributed by atoms with Gasteiger partial charge in [-0.25, -0.2) is 4.98 Å². The van der Waals surface area contributed by atoms with E-state index in [4.69, 9.17) is 4.74 Å². The molecule has 3 heteroatoms. The Morgan fingerprint density at radius 3 is 2.30 bits per heavy atom. The molecule has 0 saturated carbocycles. The molecule has 1 atom stereocenters. The van der Waals surface area contributed by atoms with Crippen molar-refractivity contribution in [2.75, 3.05) is 0 Å². The summed E-state index contributed by atoms with van der Waals surface area (Å²) >= 11 is 0. The number of hydrogen-bond acceptors (Lipinski definition) is 3. The van der Waals surface area contributed by atoms with E-state index in [1.807, 2.05) is 73.7 Å². The molecule has 0 aliphatic rings. The number of nitrogens with zero attached hydrogens (tertiary/aromatic N) is 1. The third-order valence-corrected chi connectivity index (χ3v) is 3.77. The van der Waals surface area contributed by atoms with Gasteiger partial charge in [-0.3, -0.25) is 0 Å². The second kappa shape index (κ2) is 7.07. The first-order chi connectivity index (χ1) is 11.2. The van der Waals surface area contributed by atoms with Crippen LogP contribution in [0.3, 0.4) is 0 Å². The van der Waals surface area contributed by atoms with E-state index < -0.39 is 6.10 Å². The summed E-state index contributed by atoms with van der Waals surface area (Å²) < 4.78 is 5.72. The van der Waals surface area contributed by atoms with Crippen molar-refractivity contribution in [1.29, 1.82) is 0 Å². The van der Waals surface area contributed by atoms with Crippen molar-refractivity contribution < 1.29 is 9.84 Å². The van der Waals surface area contributed by atoms with Crippen molar-refractivity contribution >= 4 is 0 Å². The molecule has 3 rings (SSSR count). The lowest BCUT2D eigenvalue weighted by molar-refractivity contribution is 0.218. The van der Waals surface area contributed by atoms with Crippen LogP contribution in [0, 0.1) is 6.92 Å². The maximum absolute atomic E-state index is 10.5. The molecule has 2 aromatic carbocycles. The number of aryl methyl sites for hydroxylation is 1. The zero-order valence-electron chi connectivity index (χ0n) is 13.0. The molecule has 1 N–H and O–H groups in total. The molecule has 1 aromatic heterocycles. The van der Waals surface area contributed by atoms with Gasteiger partial charge in [-0.15, -0.1) is 0 Å². The SMILES string of the molecule is Cc1cc(OCc2ccccc2)ncc1C(O)c1ccccc1. The van der Waals surface area contributed by atoms with E-state index in [0.717, 1.165) is 22.3 Å². The molecular formula is C20H19NO2. The van der Waals surface area contributed by atoms with Gasteiger partial charge >= 0.3 is 0 Å². The summed E-state index contributed by atoms with van der Waals surface area (Å²) in [7, 11) is 0. The molecule has 0 aliphatic heterocycles. The van der Waals surface area contributed by atoms with Gasteiger partial charge in [0.05, 0.1) is 0 Å². The highest BCUT2D eigenvalue weighted by molar-refractivity contribution is 5.35. The normalized spacial score (nSPS) is 11.9. The van der Waals surface area contributed by atoms with Crippen LogP contribution in [0.25, 0.3) is 0 Å². The van der Waals surface area contributed by atoms with Gasteiger partial charge in [0.1, 0.15) is 12.7 Å². The quantitative estimate of drug-likeness (QED) is 0.773. The van der Waals surface area contributed by atoms with Gasteiger partial charge in [-0.2, -0.15) is 0 Å². The van der Waals surface area contributed by atoms with E-state index in [9.17, 15) is 5.11 Å². The van der Waals surface area contributed by atoms with E-state index in [1.165, 1.54) is 0 Å². The lowest BCUT2D eigenvalue weighted by Gasteiger charge is -2.15. The minimum absolute atomic E-state index is 0.480. The first kappa shape index (κ1) is 15.3. The summed E-state index contributed by atoms with van der Waals surface area (Å²) in [5.74, 6) is 0.565. The van der Waals surface area contributed by atoms with Gasteiger partial charge in [-0.1, -0.05) is 60.7 Å². The highest BCUT2D eigenvalue weighted by Gasteiger charge is 2.14. The summed E-state index contributed by atoms with van der Waals surface area (Å²) in [6.07, 6.45) is 1.01. The molecule has 0 fully saturated rings. The van der Waals surface area contributed by atoms with Gasteiger partial charge in [0.25, 0.3) is 0 Å². The first-order valence-corrected chi connectivity index (χ1v) is 7.60. The predicted molar refractivity (Wildman–Crippen MR) is 90.3 cm³/mol. The average molecular weight is 305 g/mol. The minimum Gasteiger partial charge on any atom is -0.473 e. The van der Waals surface area contributed by atoms with Crippen LogP contribution in [-0.2, 0) is 6.61 Å². The molecule has 3 aromatic rings. The largest absolute Gasteiger partial charge is 0.473 e. The number of benzene rings is 2. The molecule has 1 heterocycles. The number of aromatic nitrogens is 1. The lowest BCUT2D eigenvalue weighted by atomic mass is 9.99. The van der Waals surface area contributed by atoms with Crippen molar-refractivity contribution in [2.24, 2.45) is 0 Å². The van der Waals surface area contributed by atoms with E-state index >= 15 is 0 Å². The van der Waals surface area contributed by atoms with E-state index in [1.54, 1.807) is 6.20 Å². The van der Waals surface area contributed by atoms with Gasteiger partial charge in [0, 0.05) is 17.8 Å². The van der Waals surface area contributed by atoms with Crippen LogP contribution in [0.1, 0.15) is 28.4 Å². The molecule has 0 amide bonds. The Morgan fingerprint density at radius 2 is 1.65 bits per heavy atom. The number of aliphatic hydroxyl groups is 1. The number of ether oxygens (including phenoxy) is 1. The summed E-state index contributed by atoms with van der Waals surface area (Å²) in [5, 5.41) is 10.5. The average Bonchev–Trinajstić information content (AvgIpc) is 2.61. The maximum atomic E-state index is 10.5. The lowest BCUT2D eigenvalue weighted by Crippen LogP contribution is -2.04. The Bertz CT molecular complexity index is 757. The van der Waals surface area contributed by atoms with Crippen LogP contribution < -0.4 is 4.74 Å². The van der Waals surface area contributed by atoms with Crippen molar-refractivity contribution in [3.63, 3.8) is 0 Å². The Labute approximate surface area is 136 Å². The molecule has 0 radical (unpaired) electrons. The maximum Gasteiger partial charge on any atom is 0.213 e. The zero-order chi connectivity index (χ0) is 16.1. The first-order valence-electron chi connectivity index (χ1n) is 7.60. The predicted octanol–water partition coefficient (Wildman–Crippen LogP) is 4.05. The summed E-state index contributed by atoms with van der Waals surface area (Å²) in [5.41, 5.74) is 3.71. The molecule has 23 heavy (non-hydrogen) atoms. The fourth-order valence-corrected chi connectivity index (χ4v) is 2.45. The smallest absolute Gasteiger partial charge is 0.213 e. The van der Waals surface area contributed by atoms with Crippen LogP contribution in [0.5, 0.6) is 5.88 Å². The van der Waals surface area contributed by atoms with Crippen LogP contribution >= 0.6 is 0 Å². The summed E-state index contributed by atoms with van der Waals surface area (Å²) in [6, 6.07) is 21.4. The van der Waals surface area contributed by atoms with Crippen LogP contribution in [-0.4, -0.2) is 10.1 Å². The number of pyridine rings is 1. The molecule has 0 bridgehead atoms. The molecule has 3 nitrogen and oxygen atoms in total. The van der Waals surface area contributed by atoms with E-state index in [2.05, 4.69) is 4.98 Å². The highest BCUT2D eigenvalue weighted by Crippen LogP contribution is 2.26. The molecule has 1 unspecified atom stereocenters. The van der Waals surface area contributed by atoms with Crippen LogP contribution in [0.15, 0.2) is 72.9 Å². The van der Waals surface area contributed by atoms with Crippen molar-refractivity contribution in [3.05, 3.63) is 95.2 Å². The number of aliphatic hydroxyl groups excluding tert-OH is 1. The zero-order valence-corrected chi connectivity index (χ0v) is 13.0. The molecule has 0 spiro atoms. The van der Waals surface area contributed by atoms with Gasteiger partial charge in [-0.05, 0) is 23.6 Å². The Hall–Kier alpha value is -2.65. The topological polar surface area (TPSA) is 42.4 Å². The Morgan fingerprint density at radius 1 is 1.00 bits per heavy atom. The molecule has 0 aliphatic carbocycles. The third kappa shape index (κ3) is 3.76. The van der Waals surface area contributed by atoms with Crippen molar-refractivity contribution in [2.45, 2.75) is 19.6 Å². The van der Waals surface area contributed by atoms with Gasteiger partial charge < -0.3 is 9.84 Å². The molecule has 116 valence electrons. The summed E-state index contributed by atoms with van der Waals surface area (Å²) in [6.45, 7) is 2.44. The van der Waals surface area contributed by atoms with Crippen LogP contribution in [0.2, 0.25) is 0 Å². The fraction of sp³-hybridized carbons (Fsp3) is 0.150. The number of rotatable bonds is 5. The summed E-state index contributed by atoms with van der Waals surface area (Å²) in [4.78, 5) is 4.32. The second-order valence-corrected chi connectivity index (χ2v) is 5.47. The van der Waals surface area contributed by atoms with Crippen molar-refractivity contribution in [3.8, 4) is 5.88 Å². The minimum atomic E-state index is -0.674. The molecule has 0 saturated heterocycles. The third-order valence-electron chi connectivity index (χ3n) is 3.77. The standard InChI is InChI=1S/C20H19NO2/c1-15-12-19(23-14-16-8-4-2-5-9-16)21-13-18(15)20(22)17-10-6-3-7-11-17/h2-13,20,22H,14H2,1H3. The monoisotopic (exact) mass is 305 g/mol.